The Morgan fingerprint density at radius 2 is 2.10 bits per heavy atom. The second kappa shape index (κ2) is 7.07. The van der Waals surface area contributed by atoms with Crippen molar-refractivity contribution in [3.05, 3.63) is 57.2 Å². The highest BCUT2D eigenvalue weighted by Gasteiger charge is 2.09. The molecule has 6 heteroatoms. The van der Waals surface area contributed by atoms with Crippen molar-refractivity contribution in [1.82, 2.24) is 5.32 Å². The molecule has 1 heterocycles. The molecule has 0 bridgehead atoms. The maximum atomic E-state index is 11.6. The third-order valence-corrected chi connectivity index (χ3v) is 3.53. The van der Waals surface area contributed by atoms with Crippen LogP contribution in [-0.4, -0.2) is 18.4 Å². The molecule has 0 aliphatic heterocycles. The summed E-state index contributed by atoms with van der Waals surface area (Å²) in [6.07, 6.45) is 0. The topological polar surface area (TPSA) is 55.4 Å². The van der Waals surface area contributed by atoms with Gasteiger partial charge in [-0.05, 0) is 29.1 Å². The third kappa shape index (κ3) is 4.36. The summed E-state index contributed by atoms with van der Waals surface area (Å²) in [6.45, 7) is -0.0223. The lowest BCUT2D eigenvalue weighted by Gasteiger charge is -2.06. The number of amides is 1. The number of carbonyl (C=O) groups excluding carboxylic acids is 2. The number of nitrogens with one attached hydrogen (secondary N) is 1. The maximum Gasteiger partial charge on any atom is 0.325 e. The minimum absolute atomic E-state index is 0.133. The van der Waals surface area contributed by atoms with Crippen LogP contribution < -0.4 is 5.32 Å². The van der Waals surface area contributed by atoms with E-state index in [0.29, 0.717) is 9.90 Å². The van der Waals surface area contributed by atoms with Crippen LogP contribution in [0.5, 0.6) is 0 Å². The van der Waals surface area contributed by atoms with E-state index >= 15 is 0 Å². The molecule has 1 aromatic carbocycles. The Labute approximate surface area is 125 Å². The van der Waals surface area contributed by atoms with E-state index in [1.165, 1.54) is 11.3 Å². The van der Waals surface area contributed by atoms with Gasteiger partial charge in [0.2, 0.25) is 0 Å². The standard InChI is InChI=1S/C14H12ClNO3S/c15-11-4-1-3-10(7-11)9-19-13(17)8-16-14(18)12-5-2-6-20-12/h1-7H,8-9H2,(H,16,18). The summed E-state index contributed by atoms with van der Waals surface area (Å²) in [5, 5.41) is 4.89. The van der Waals surface area contributed by atoms with E-state index in [0.717, 1.165) is 5.56 Å². The van der Waals surface area contributed by atoms with Crippen LogP contribution in [-0.2, 0) is 16.1 Å². The Bertz CT molecular complexity index is 598. The zero-order valence-corrected chi connectivity index (χ0v) is 12.0. The molecule has 0 saturated carbocycles. The molecule has 104 valence electrons. The molecule has 0 radical (unpaired) electrons. The highest BCUT2D eigenvalue weighted by molar-refractivity contribution is 7.12. The van der Waals surface area contributed by atoms with Gasteiger partial charge in [-0.1, -0.05) is 29.8 Å². The van der Waals surface area contributed by atoms with E-state index in [2.05, 4.69) is 5.32 Å². The van der Waals surface area contributed by atoms with Crippen LogP contribution in [0.15, 0.2) is 41.8 Å². The molecule has 2 rings (SSSR count). The lowest BCUT2D eigenvalue weighted by Crippen LogP contribution is -2.30. The molecule has 0 unspecified atom stereocenters. The lowest BCUT2D eigenvalue weighted by molar-refractivity contribution is -0.143. The van der Waals surface area contributed by atoms with Gasteiger partial charge in [0.1, 0.15) is 13.2 Å². The quantitative estimate of drug-likeness (QED) is 0.864. The largest absolute Gasteiger partial charge is 0.460 e. The average Bonchev–Trinajstić information content (AvgIpc) is 2.97. The zero-order chi connectivity index (χ0) is 14.4. The average molecular weight is 310 g/mol. The van der Waals surface area contributed by atoms with Crippen molar-refractivity contribution in [3.8, 4) is 0 Å². The second-order valence-corrected chi connectivity index (χ2v) is 5.33. The fourth-order valence-corrected chi connectivity index (χ4v) is 2.34. The summed E-state index contributed by atoms with van der Waals surface area (Å²) >= 11 is 7.14. The van der Waals surface area contributed by atoms with Gasteiger partial charge in [-0.2, -0.15) is 0 Å². The van der Waals surface area contributed by atoms with Gasteiger partial charge in [-0.3, -0.25) is 9.59 Å². The summed E-state index contributed by atoms with van der Waals surface area (Å²) in [7, 11) is 0. The Balaban J connectivity index is 1.74. The Morgan fingerprint density at radius 3 is 2.80 bits per heavy atom. The molecule has 1 amide bonds. The molecular weight excluding hydrogens is 298 g/mol. The predicted octanol–water partition coefficient (Wildman–Crippen LogP) is 2.87. The van der Waals surface area contributed by atoms with E-state index in [1.807, 2.05) is 6.07 Å². The second-order valence-electron chi connectivity index (χ2n) is 3.95. The molecule has 20 heavy (non-hydrogen) atoms. The van der Waals surface area contributed by atoms with Crippen molar-refractivity contribution in [2.75, 3.05) is 6.54 Å². The van der Waals surface area contributed by atoms with Crippen molar-refractivity contribution >= 4 is 34.8 Å². The van der Waals surface area contributed by atoms with Crippen molar-refractivity contribution in [2.45, 2.75) is 6.61 Å². The van der Waals surface area contributed by atoms with Gasteiger partial charge in [-0.15, -0.1) is 11.3 Å². The molecule has 1 N–H and O–H groups in total. The zero-order valence-electron chi connectivity index (χ0n) is 10.5. The molecule has 0 aliphatic rings. The van der Waals surface area contributed by atoms with Crippen molar-refractivity contribution in [2.24, 2.45) is 0 Å². The van der Waals surface area contributed by atoms with Crippen molar-refractivity contribution < 1.29 is 14.3 Å². The molecule has 0 atom stereocenters. The third-order valence-electron chi connectivity index (χ3n) is 2.43. The number of rotatable bonds is 5. The first-order chi connectivity index (χ1) is 9.65. The fraction of sp³-hybridized carbons (Fsp3) is 0.143. The summed E-state index contributed by atoms with van der Waals surface area (Å²) in [6, 6.07) is 10.5. The van der Waals surface area contributed by atoms with Gasteiger partial charge in [0.25, 0.3) is 5.91 Å². The number of hydrogen-bond acceptors (Lipinski definition) is 4. The highest BCUT2D eigenvalue weighted by Crippen LogP contribution is 2.11. The van der Waals surface area contributed by atoms with E-state index in [1.54, 1.807) is 35.7 Å². The van der Waals surface area contributed by atoms with Gasteiger partial charge in [0.05, 0.1) is 4.88 Å². The first kappa shape index (κ1) is 14.6. The number of benzene rings is 1. The molecule has 2 aromatic rings. The van der Waals surface area contributed by atoms with Gasteiger partial charge in [0, 0.05) is 5.02 Å². The summed E-state index contributed by atoms with van der Waals surface area (Å²) < 4.78 is 5.04. The van der Waals surface area contributed by atoms with Crippen molar-refractivity contribution in [3.63, 3.8) is 0 Å². The molecular formula is C14H12ClNO3S. The van der Waals surface area contributed by atoms with Gasteiger partial charge in [0.15, 0.2) is 0 Å². The predicted molar refractivity (Wildman–Crippen MR) is 77.9 cm³/mol. The number of halogens is 1. The first-order valence-electron chi connectivity index (χ1n) is 5.87. The van der Waals surface area contributed by atoms with Crippen LogP contribution in [0.25, 0.3) is 0 Å². The van der Waals surface area contributed by atoms with Crippen LogP contribution >= 0.6 is 22.9 Å². The lowest BCUT2D eigenvalue weighted by atomic mass is 10.2. The minimum Gasteiger partial charge on any atom is -0.460 e. The molecule has 0 aliphatic carbocycles. The Morgan fingerprint density at radius 1 is 1.25 bits per heavy atom. The molecule has 0 spiro atoms. The molecule has 0 saturated heterocycles. The van der Waals surface area contributed by atoms with Crippen molar-refractivity contribution in [1.29, 1.82) is 0 Å². The van der Waals surface area contributed by atoms with Crippen LogP contribution in [0.2, 0.25) is 5.02 Å². The van der Waals surface area contributed by atoms with Gasteiger partial charge in [-0.25, -0.2) is 0 Å². The maximum absolute atomic E-state index is 11.6. The van der Waals surface area contributed by atoms with Gasteiger partial charge < -0.3 is 10.1 Å². The summed E-state index contributed by atoms with van der Waals surface area (Å²) in [5.74, 6) is -0.769. The SMILES string of the molecule is O=C(CNC(=O)c1cccs1)OCc1cccc(Cl)c1. The van der Waals surface area contributed by atoms with Crippen LogP contribution in [0.4, 0.5) is 0 Å². The normalized spacial score (nSPS) is 10.1. The molecule has 0 fully saturated rings. The van der Waals surface area contributed by atoms with E-state index in [9.17, 15) is 9.59 Å². The van der Waals surface area contributed by atoms with Crippen LogP contribution in [0.1, 0.15) is 15.2 Å². The molecule has 1 aromatic heterocycles. The smallest absolute Gasteiger partial charge is 0.325 e. The van der Waals surface area contributed by atoms with E-state index in [4.69, 9.17) is 16.3 Å². The van der Waals surface area contributed by atoms with Gasteiger partial charge >= 0.3 is 5.97 Å². The molecule has 4 nitrogen and oxygen atoms in total. The summed E-state index contributed by atoms with van der Waals surface area (Å²) in [4.78, 5) is 23.7. The van der Waals surface area contributed by atoms with Crippen LogP contribution in [0, 0.1) is 0 Å². The number of hydrogen-bond donors (Lipinski definition) is 1. The number of thiophene rings is 1. The fourth-order valence-electron chi connectivity index (χ4n) is 1.49. The van der Waals surface area contributed by atoms with E-state index in [-0.39, 0.29) is 19.1 Å². The Kier molecular flexibility index (Phi) is 5.15. The van der Waals surface area contributed by atoms with Crippen LogP contribution in [0.3, 0.4) is 0 Å². The highest BCUT2D eigenvalue weighted by atomic mass is 35.5. The number of ether oxygens (including phenoxy) is 1. The Hall–Kier alpha value is -1.85. The number of esters is 1. The first-order valence-corrected chi connectivity index (χ1v) is 7.12. The summed E-state index contributed by atoms with van der Waals surface area (Å²) in [5.41, 5.74) is 0.801. The monoisotopic (exact) mass is 309 g/mol. The van der Waals surface area contributed by atoms with E-state index < -0.39 is 5.97 Å². The minimum atomic E-state index is -0.491. The number of carbonyl (C=O) groups is 2.